The van der Waals surface area contributed by atoms with Gasteiger partial charge in [-0.3, -0.25) is 0 Å². The minimum atomic E-state index is -0.467. The molecule has 0 radical (unpaired) electrons. The van der Waals surface area contributed by atoms with E-state index in [-0.39, 0.29) is 6.10 Å². The number of nitrogens with zero attached hydrogens (tertiary/aromatic N) is 1. The standard InChI is InChI=1S/C10H23NO3/c1-4-5-14-8-10(13)7-11(3)6-9(2)12/h9-10,12-13H,4-8H2,1-3H3. The lowest BCUT2D eigenvalue weighted by molar-refractivity contribution is 0.0149. The summed E-state index contributed by atoms with van der Waals surface area (Å²) in [6, 6.07) is 0. The summed E-state index contributed by atoms with van der Waals surface area (Å²) < 4.78 is 5.21. The Morgan fingerprint density at radius 1 is 1.29 bits per heavy atom. The maximum absolute atomic E-state index is 9.51. The number of hydrogen-bond acceptors (Lipinski definition) is 4. The van der Waals surface area contributed by atoms with Gasteiger partial charge in [0, 0.05) is 19.7 Å². The molecule has 0 aliphatic rings. The van der Waals surface area contributed by atoms with Gasteiger partial charge in [-0.25, -0.2) is 0 Å². The molecule has 0 rings (SSSR count). The van der Waals surface area contributed by atoms with Gasteiger partial charge >= 0.3 is 0 Å². The van der Waals surface area contributed by atoms with Crippen LogP contribution < -0.4 is 0 Å². The number of aliphatic hydroxyl groups is 2. The molecule has 0 aromatic rings. The first-order chi connectivity index (χ1) is 6.56. The number of hydrogen-bond donors (Lipinski definition) is 2. The molecule has 0 aliphatic carbocycles. The van der Waals surface area contributed by atoms with Gasteiger partial charge in [0.1, 0.15) is 0 Å². The summed E-state index contributed by atoms with van der Waals surface area (Å²) in [5.74, 6) is 0. The Hall–Kier alpha value is -0.160. The molecule has 0 amide bonds. The summed E-state index contributed by atoms with van der Waals surface area (Å²) in [4.78, 5) is 1.89. The van der Waals surface area contributed by atoms with Crippen LogP contribution in [-0.4, -0.2) is 60.7 Å². The van der Waals surface area contributed by atoms with Gasteiger partial charge in [-0.05, 0) is 20.4 Å². The monoisotopic (exact) mass is 205 g/mol. The summed E-state index contributed by atoms with van der Waals surface area (Å²) in [5, 5.41) is 18.6. The molecule has 0 aromatic carbocycles. The second kappa shape index (κ2) is 8.17. The Morgan fingerprint density at radius 3 is 2.43 bits per heavy atom. The van der Waals surface area contributed by atoms with Crippen molar-refractivity contribution in [2.45, 2.75) is 32.5 Å². The zero-order chi connectivity index (χ0) is 11.0. The fraction of sp³-hybridized carbons (Fsp3) is 1.00. The van der Waals surface area contributed by atoms with Crippen molar-refractivity contribution in [3.8, 4) is 0 Å². The minimum Gasteiger partial charge on any atom is -0.392 e. The van der Waals surface area contributed by atoms with Crippen LogP contribution in [0.25, 0.3) is 0 Å². The molecule has 2 unspecified atom stereocenters. The molecule has 4 nitrogen and oxygen atoms in total. The third-order valence-electron chi connectivity index (χ3n) is 1.76. The smallest absolute Gasteiger partial charge is 0.0900 e. The third kappa shape index (κ3) is 8.44. The molecule has 4 heteroatoms. The maximum atomic E-state index is 9.51. The molecule has 0 saturated carbocycles. The van der Waals surface area contributed by atoms with Gasteiger partial charge < -0.3 is 19.8 Å². The second-order valence-corrected chi connectivity index (χ2v) is 3.80. The van der Waals surface area contributed by atoms with Gasteiger partial charge in [0.15, 0.2) is 0 Å². The van der Waals surface area contributed by atoms with Crippen LogP contribution in [0.4, 0.5) is 0 Å². The molecule has 0 aliphatic heterocycles. The van der Waals surface area contributed by atoms with E-state index in [4.69, 9.17) is 9.84 Å². The van der Waals surface area contributed by atoms with Gasteiger partial charge in [0.25, 0.3) is 0 Å². The number of rotatable bonds is 8. The molecule has 2 atom stereocenters. The lowest BCUT2D eigenvalue weighted by Crippen LogP contribution is -2.36. The maximum Gasteiger partial charge on any atom is 0.0900 e. The van der Waals surface area contributed by atoms with Crippen LogP contribution in [0.3, 0.4) is 0 Å². The molecule has 0 spiro atoms. The van der Waals surface area contributed by atoms with Gasteiger partial charge in [0.05, 0.1) is 18.8 Å². The Kier molecular flexibility index (Phi) is 8.08. The van der Waals surface area contributed by atoms with Crippen LogP contribution in [0, 0.1) is 0 Å². The van der Waals surface area contributed by atoms with E-state index >= 15 is 0 Å². The van der Waals surface area contributed by atoms with E-state index in [0.717, 1.165) is 6.42 Å². The van der Waals surface area contributed by atoms with E-state index in [1.165, 1.54) is 0 Å². The van der Waals surface area contributed by atoms with Gasteiger partial charge in [-0.2, -0.15) is 0 Å². The van der Waals surface area contributed by atoms with E-state index in [1.54, 1.807) is 6.92 Å². The molecule has 0 fully saturated rings. The molecule has 0 heterocycles. The van der Waals surface area contributed by atoms with E-state index < -0.39 is 6.10 Å². The van der Waals surface area contributed by atoms with E-state index in [1.807, 2.05) is 18.9 Å². The zero-order valence-electron chi connectivity index (χ0n) is 9.44. The van der Waals surface area contributed by atoms with Crippen molar-refractivity contribution in [2.24, 2.45) is 0 Å². The average Bonchev–Trinajstić information content (AvgIpc) is 2.02. The Bertz CT molecular complexity index is 131. The molecule has 0 aromatic heterocycles. The highest BCUT2D eigenvalue weighted by atomic mass is 16.5. The first-order valence-corrected chi connectivity index (χ1v) is 5.18. The van der Waals surface area contributed by atoms with Gasteiger partial charge in [-0.1, -0.05) is 6.92 Å². The fourth-order valence-electron chi connectivity index (χ4n) is 1.30. The van der Waals surface area contributed by atoms with Crippen molar-refractivity contribution in [3.63, 3.8) is 0 Å². The highest BCUT2D eigenvalue weighted by Gasteiger charge is 2.09. The van der Waals surface area contributed by atoms with Crippen molar-refractivity contribution in [3.05, 3.63) is 0 Å². The predicted molar refractivity (Wildman–Crippen MR) is 56.3 cm³/mol. The molecular weight excluding hydrogens is 182 g/mol. The first-order valence-electron chi connectivity index (χ1n) is 5.18. The Morgan fingerprint density at radius 2 is 1.93 bits per heavy atom. The molecule has 86 valence electrons. The number of likely N-dealkylation sites (N-methyl/N-ethyl adjacent to an activating group) is 1. The van der Waals surface area contributed by atoms with Crippen LogP contribution in [0.2, 0.25) is 0 Å². The summed E-state index contributed by atoms with van der Waals surface area (Å²) >= 11 is 0. The SMILES string of the molecule is CCCOCC(O)CN(C)CC(C)O. The zero-order valence-corrected chi connectivity index (χ0v) is 9.44. The van der Waals surface area contributed by atoms with E-state index in [9.17, 15) is 5.11 Å². The summed E-state index contributed by atoms with van der Waals surface area (Å²) in [7, 11) is 1.87. The largest absolute Gasteiger partial charge is 0.392 e. The number of aliphatic hydroxyl groups excluding tert-OH is 2. The van der Waals surface area contributed by atoms with Crippen LogP contribution in [-0.2, 0) is 4.74 Å². The van der Waals surface area contributed by atoms with Gasteiger partial charge in [-0.15, -0.1) is 0 Å². The molecule has 0 saturated heterocycles. The van der Waals surface area contributed by atoms with Crippen LogP contribution in [0.1, 0.15) is 20.3 Å². The lowest BCUT2D eigenvalue weighted by atomic mass is 10.3. The van der Waals surface area contributed by atoms with Gasteiger partial charge in [0.2, 0.25) is 0 Å². The molecular formula is C10H23NO3. The lowest BCUT2D eigenvalue weighted by Gasteiger charge is -2.21. The quantitative estimate of drug-likeness (QED) is 0.551. The predicted octanol–water partition coefficient (Wildman–Crippen LogP) is 0.0865. The normalized spacial score (nSPS) is 15.9. The van der Waals surface area contributed by atoms with Crippen molar-refractivity contribution in [2.75, 3.05) is 33.4 Å². The van der Waals surface area contributed by atoms with E-state index in [2.05, 4.69) is 0 Å². The van der Waals surface area contributed by atoms with Crippen molar-refractivity contribution in [1.29, 1.82) is 0 Å². The van der Waals surface area contributed by atoms with Crippen molar-refractivity contribution in [1.82, 2.24) is 4.90 Å². The Labute approximate surface area is 86.5 Å². The molecule has 2 N–H and O–H groups in total. The van der Waals surface area contributed by atoms with Crippen molar-refractivity contribution >= 4 is 0 Å². The Balaban J connectivity index is 3.44. The number of ether oxygens (including phenoxy) is 1. The fourth-order valence-corrected chi connectivity index (χ4v) is 1.30. The summed E-state index contributed by atoms with van der Waals surface area (Å²) in [6.07, 6.45) is 0.144. The summed E-state index contributed by atoms with van der Waals surface area (Å²) in [5.41, 5.74) is 0. The highest BCUT2D eigenvalue weighted by molar-refractivity contribution is 4.62. The molecule has 14 heavy (non-hydrogen) atoms. The molecule has 0 bridgehead atoms. The van der Waals surface area contributed by atoms with Crippen LogP contribution in [0.5, 0.6) is 0 Å². The van der Waals surface area contributed by atoms with E-state index in [0.29, 0.717) is 26.3 Å². The average molecular weight is 205 g/mol. The highest BCUT2D eigenvalue weighted by Crippen LogP contribution is 1.93. The van der Waals surface area contributed by atoms with Crippen molar-refractivity contribution < 1.29 is 14.9 Å². The second-order valence-electron chi connectivity index (χ2n) is 3.80. The topological polar surface area (TPSA) is 52.9 Å². The third-order valence-corrected chi connectivity index (χ3v) is 1.76. The minimum absolute atomic E-state index is 0.358. The van der Waals surface area contributed by atoms with Crippen LogP contribution >= 0.6 is 0 Å². The van der Waals surface area contributed by atoms with Crippen LogP contribution in [0.15, 0.2) is 0 Å². The first kappa shape index (κ1) is 13.8. The summed E-state index contributed by atoms with van der Waals surface area (Å²) in [6.45, 7) is 5.94.